The number of esters is 1. The normalized spacial score (nSPS) is 14.0. The third-order valence-corrected chi connectivity index (χ3v) is 5.18. The number of methoxy groups -OCH3 is 1. The molecule has 0 fully saturated rings. The van der Waals surface area contributed by atoms with Gasteiger partial charge >= 0.3 is 5.97 Å². The average Bonchev–Trinajstić information content (AvgIpc) is 2.72. The van der Waals surface area contributed by atoms with Crippen molar-refractivity contribution in [2.24, 2.45) is 0 Å². The molecular weight excluding hydrogens is 354 g/mol. The molecule has 0 saturated heterocycles. The minimum Gasteiger partial charge on any atom is -0.481 e. The van der Waals surface area contributed by atoms with Crippen molar-refractivity contribution in [2.75, 3.05) is 12.4 Å². The molecule has 1 N–H and O–H groups in total. The number of rotatable bonds is 6. The van der Waals surface area contributed by atoms with Crippen LogP contribution in [-0.2, 0) is 22.4 Å². The zero-order valence-corrected chi connectivity index (χ0v) is 16.7. The number of amides is 1. The highest BCUT2D eigenvalue weighted by molar-refractivity contribution is 5.97. The van der Waals surface area contributed by atoms with Crippen molar-refractivity contribution in [3.63, 3.8) is 0 Å². The molecule has 1 unspecified atom stereocenters. The Hall–Kier alpha value is -2.82. The van der Waals surface area contributed by atoms with E-state index in [2.05, 4.69) is 17.4 Å². The molecule has 0 spiro atoms. The molecule has 2 aromatic rings. The quantitative estimate of drug-likeness (QED) is 0.751. The Balaban J connectivity index is 1.73. The molecule has 1 aliphatic rings. The highest BCUT2D eigenvalue weighted by atomic mass is 16.5. The summed E-state index contributed by atoms with van der Waals surface area (Å²) < 4.78 is 10.8. The fraction of sp³-hybridized carbons (Fsp3) is 0.391. The van der Waals surface area contributed by atoms with Crippen molar-refractivity contribution >= 4 is 17.6 Å². The Kier molecular flexibility index (Phi) is 6.34. The Bertz CT molecular complexity index is 875. The lowest BCUT2D eigenvalue weighted by molar-refractivity contribution is -0.122. The van der Waals surface area contributed by atoms with E-state index in [0.29, 0.717) is 17.7 Å². The zero-order valence-electron chi connectivity index (χ0n) is 16.7. The van der Waals surface area contributed by atoms with Crippen molar-refractivity contribution < 1.29 is 19.1 Å². The van der Waals surface area contributed by atoms with E-state index in [1.165, 1.54) is 31.1 Å². The first-order valence-electron chi connectivity index (χ1n) is 9.80. The number of benzene rings is 2. The maximum atomic E-state index is 12.8. The smallest absolute Gasteiger partial charge is 0.337 e. The molecule has 0 radical (unpaired) electrons. The molecule has 148 valence electrons. The first-order chi connectivity index (χ1) is 13.5. The van der Waals surface area contributed by atoms with Crippen molar-refractivity contribution in [1.29, 1.82) is 0 Å². The van der Waals surface area contributed by atoms with Gasteiger partial charge in [-0.1, -0.05) is 19.1 Å². The van der Waals surface area contributed by atoms with Gasteiger partial charge < -0.3 is 14.8 Å². The number of aryl methyl sites for hydroxylation is 3. The minimum absolute atomic E-state index is 0.231. The van der Waals surface area contributed by atoms with E-state index in [1.54, 1.807) is 18.2 Å². The second kappa shape index (κ2) is 8.91. The number of anilines is 1. The number of nitrogens with one attached hydrogen (secondary N) is 1. The number of carbonyl (C=O) groups is 2. The second-order valence-corrected chi connectivity index (χ2v) is 7.16. The van der Waals surface area contributed by atoms with Gasteiger partial charge in [0.2, 0.25) is 0 Å². The van der Waals surface area contributed by atoms with E-state index >= 15 is 0 Å². The summed E-state index contributed by atoms with van der Waals surface area (Å²) >= 11 is 0. The summed E-state index contributed by atoms with van der Waals surface area (Å²) in [6, 6.07) is 11.2. The molecule has 1 amide bonds. The van der Waals surface area contributed by atoms with Crippen LogP contribution in [0.1, 0.15) is 53.2 Å². The number of fused-ring (bicyclic) bond motifs is 1. The molecular formula is C23H27NO4. The molecule has 5 nitrogen and oxygen atoms in total. The van der Waals surface area contributed by atoms with Gasteiger partial charge in [-0.2, -0.15) is 0 Å². The van der Waals surface area contributed by atoms with E-state index < -0.39 is 12.1 Å². The summed E-state index contributed by atoms with van der Waals surface area (Å²) in [6.07, 6.45) is 4.54. The van der Waals surface area contributed by atoms with Gasteiger partial charge in [-0.15, -0.1) is 0 Å². The average molecular weight is 381 g/mol. The molecule has 5 heteroatoms. The summed E-state index contributed by atoms with van der Waals surface area (Å²) in [4.78, 5) is 24.5. The molecule has 0 aliphatic heterocycles. The number of carbonyl (C=O) groups excluding carboxylic acids is 2. The summed E-state index contributed by atoms with van der Waals surface area (Å²) in [6.45, 7) is 3.79. The molecule has 0 aromatic heterocycles. The van der Waals surface area contributed by atoms with E-state index in [1.807, 2.05) is 19.9 Å². The van der Waals surface area contributed by atoms with Crippen LogP contribution in [0.3, 0.4) is 0 Å². The number of ether oxygens (including phenoxy) is 2. The predicted octanol–water partition coefficient (Wildman–Crippen LogP) is 4.46. The molecule has 1 aliphatic carbocycles. The van der Waals surface area contributed by atoms with E-state index in [0.717, 1.165) is 24.2 Å². The number of hydrogen-bond acceptors (Lipinski definition) is 4. The first-order valence-corrected chi connectivity index (χ1v) is 9.80. The van der Waals surface area contributed by atoms with E-state index in [4.69, 9.17) is 9.47 Å². The van der Waals surface area contributed by atoms with Gasteiger partial charge in [-0.05, 0) is 80.0 Å². The van der Waals surface area contributed by atoms with Crippen molar-refractivity contribution in [3.8, 4) is 5.75 Å². The molecule has 1 atom stereocenters. The van der Waals surface area contributed by atoms with Gasteiger partial charge in [-0.3, -0.25) is 4.79 Å². The Morgan fingerprint density at radius 2 is 1.82 bits per heavy atom. The van der Waals surface area contributed by atoms with Crippen LogP contribution in [0.5, 0.6) is 5.75 Å². The lowest BCUT2D eigenvalue weighted by atomic mass is 9.92. The molecule has 0 saturated carbocycles. The third kappa shape index (κ3) is 4.53. The summed E-state index contributed by atoms with van der Waals surface area (Å²) in [5.41, 5.74) is 4.55. The van der Waals surface area contributed by atoms with Crippen LogP contribution in [0, 0.1) is 6.92 Å². The zero-order chi connectivity index (χ0) is 20.1. The lowest BCUT2D eigenvalue weighted by Gasteiger charge is -2.21. The fourth-order valence-corrected chi connectivity index (χ4v) is 3.48. The Labute approximate surface area is 166 Å². The van der Waals surface area contributed by atoms with Gasteiger partial charge in [0.25, 0.3) is 5.91 Å². The van der Waals surface area contributed by atoms with Crippen molar-refractivity contribution in [2.45, 2.75) is 52.1 Å². The third-order valence-electron chi connectivity index (χ3n) is 5.18. The standard InChI is InChI=1S/C23H27NO4/c1-4-21(28-19-12-11-16-7-5-6-8-17(16)13-19)22(25)24-20-14-18(23(26)27-3)10-9-15(20)2/h9-14,21H,4-8H2,1-3H3,(H,24,25). The van der Waals surface area contributed by atoms with Crippen LogP contribution in [0.15, 0.2) is 36.4 Å². The van der Waals surface area contributed by atoms with Crippen molar-refractivity contribution in [3.05, 3.63) is 58.7 Å². The maximum absolute atomic E-state index is 12.8. The van der Waals surface area contributed by atoms with Gasteiger partial charge in [0, 0.05) is 5.69 Å². The second-order valence-electron chi connectivity index (χ2n) is 7.16. The van der Waals surface area contributed by atoms with Crippen LogP contribution < -0.4 is 10.1 Å². The SMILES string of the molecule is CCC(Oc1ccc2c(c1)CCCC2)C(=O)Nc1cc(C(=O)OC)ccc1C. The summed E-state index contributed by atoms with van der Waals surface area (Å²) in [5, 5.41) is 2.89. The van der Waals surface area contributed by atoms with Gasteiger partial charge in [-0.25, -0.2) is 4.79 Å². The Morgan fingerprint density at radius 1 is 1.07 bits per heavy atom. The lowest BCUT2D eigenvalue weighted by Crippen LogP contribution is -2.32. The topological polar surface area (TPSA) is 64.6 Å². The minimum atomic E-state index is -0.608. The number of hydrogen-bond donors (Lipinski definition) is 1. The van der Waals surface area contributed by atoms with Crippen LogP contribution in [0.25, 0.3) is 0 Å². The molecule has 28 heavy (non-hydrogen) atoms. The molecule has 0 bridgehead atoms. The van der Waals surface area contributed by atoms with Gasteiger partial charge in [0.05, 0.1) is 12.7 Å². The molecule has 2 aromatic carbocycles. The Morgan fingerprint density at radius 3 is 2.54 bits per heavy atom. The predicted molar refractivity (Wildman–Crippen MR) is 109 cm³/mol. The first kappa shape index (κ1) is 19.9. The highest BCUT2D eigenvalue weighted by Crippen LogP contribution is 2.26. The van der Waals surface area contributed by atoms with Crippen LogP contribution in [0.4, 0.5) is 5.69 Å². The van der Waals surface area contributed by atoms with E-state index in [9.17, 15) is 9.59 Å². The van der Waals surface area contributed by atoms with Crippen LogP contribution >= 0.6 is 0 Å². The van der Waals surface area contributed by atoms with Crippen LogP contribution in [-0.4, -0.2) is 25.1 Å². The molecule has 3 rings (SSSR count). The summed E-state index contributed by atoms with van der Waals surface area (Å²) in [5.74, 6) is 0.0564. The fourth-order valence-electron chi connectivity index (χ4n) is 3.48. The van der Waals surface area contributed by atoms with Crippen molar-refractivity contribution in [1.82, 2.24) is 0 Å². The molecule has 0 heterocycles. The largest absolute Gasteiger partial charge is 0.481 e. The van der Waals surface area contributed by atoms with Gasteiger partial charge in [0.1, 0.15) is 5.75 Å². The summed E-state index contributed by atoms with van der Waals surface area (Å²) in [7, 11) is 1.33. The maximum Gasteiger partial charge on any atom is 0.337 e. The van der Waals surface area contributed by atoms with E-state index in [-0.39, 0.29) is 5.91 Å². The monoisotopic (exact) mass is 381 g/mol. The van der Waals surface area contributed by atoms with Crippen LogP contribution in [0.2, 0.25) is 0 Å². The highest BCUT2D eigenvalue weighted by Gasteiger charge is 2.21. The van der Waals surface area contributed by atoms with Gasteiger partial charge in [0.15, 0.2) is 6.10 Å².